The quantitative estimate of drug-likeness (QED) is 0.519. The summed E-state index contributed by atoms with van der Waals surface area (Å²) in [5, 5.41) is 1.03. The number of benzene rings is 2. The molecule has 0 spiro atoms. The van der Waals surface area contributed by atoms with Crippen LogP contribution in [0.25, 0.3) is 12.2 Å². The Morgan fingerprint density at radius 2 is 1.81 bits per heavy atom. The maximum Gasteiger partial charge on any atom is 0.363 e. The summed E-state index contributed by atoms with van der Waals surface area (Å²) in [6, 6.07) is 10.4. The van der Waals surface area contributed by atoms with Crippen LogP contribution in [0.3, 0.4) is 0 Å². The lowest BCUT2D eigenvalue weighted by atomic mass is 10.1. The van der Waals surface area contributed by atoms with E-state index in [1.807, 2.05) is 0 Å². The third-order valence-corrected chi connectivity index (χ3v) is 4.30. The zero-order chi connectivity index (χ0) is 19.4. The number of methoxy groups -OCH3 is 2. The van der Waals surface area contributed by atoms with Gasteiger partial charge in [-0.3, -0.25) is 0 Å². The molecular weight excluding hydrogens is 389 g/mol. The van der Waals surface area contributed by atoms with Crippen molar-refractivity contribution < 1.29 is 19.0 Å². The van der Waals surface area contributed by atoms with Crippen LogP contribution in [0.5, 0.6) is 11.5 Å². The first kappa shape index (κ1) is 19.0. The maximum atomic E-state index is 12.1. The molecule has 7 heteroatoms. The Morgan fingerprint density at radius 1 is 1.00 bits per heavy atom. The molecule has 0 amide bonds. The molecule has 0 saturated heterocycles. The molecule has 1 aliphatic heterocycles. The molecule has 27 heavy (non-hydrogen) atoms. The lowest BCUT2D eigenvalue weighted by molar-refractivity contribution is -0.129. The highest BCUT2D eigenvalue weighted by molar-refractivity contribution is 6.35. The van der Waals surface area contributed by atoms with Crippen LogP contribution in [0.15, 0.2) is 53.2 Å². The predicted molar refractivity (Wildman–Crippen MR) is 107 cm³/mol. The highest BCUT2D eigenvalue weighted by atomic mass is 35.5. The van der Waals surface area contributed by atoms with Gasteiger partial charge in [0, 0.05) is 21.7 Å². The van der Waals surface area contributed by atoms with Crippen LogP contribution < -0.4 is 9.47 Å². The lowest BCUT2D eigenvalue weighted by Gasteiger charge is -2.07. The number of aliphatic imine (C=N–C) groups is 1. The van der Waals surface area contributed by atoms with Crippen molar-refractivity contribution in [3.63, 3.8) is 0 Å². The fourth-order valence-corrected chi connectivity index (χ4v) is 2.87. The van der Waals surface area contributed by atoms with E-state index in [4.69, 9.17) is 37.4 Å². The molecule has 138 valence electrons. The summed E-state index contributed by atoms with van der Waals surface area (Å²) in [6.45, 7) is 0. The predicted octanol–water partition coefficient (Wildman–Crippen LogP) is 5.02. The molecule has 0 aromatic heterocycles. The number of carbonyl (C=O) groups excluding carboxylic acids is 1. The molecule has 0 saturated carbocycles. The zero-order valence-electron chi connectivity index (χ0n) is 14.5. The molecule has 5 nitrogen and oxygen atoms in total. The van der Waals surface area contributed by atoms with E-state index < -0.39 is 5.97 Å². The molecule has 1 aliphatic rings. The van der Waals surface area contributed by atoms with Gasteiger partial charge in [0.15, 0.2) is 5.70 Å². The number of carbonyl (C=O) groups is 1. The van der Waals surface area contributed by atoms with Gasteiger partial charge in [0.25, 0.3) is 0 Å². The van der Waals surface area contributed by atoms with Gasteiger partial charge in [0.05, 0.1) is 14.2 Å². The topological polar surface area (TPSA) is 57.1 Å². The van der Waals surface area contributed by atoms with Crippen LogP contribution in [0, 0.1) is 0 Å². The summed E-state index contributed by atoms with van der Waals surface area (Å²) < 4.78 is 15.7. The third kappa shape index (κ3) is 4.51. The van der Waals surface area contributed by atoms with Crippen molar-refractivity contribution in [1.82, 2.24) is 0 Å². The molecular formula is C20H15Cl2NO4. The number of nitrogens with zero attached hydrogens (tertiary/aromatic N) is 1. The zero-order valence-corrected chi connectivity index (χ0v) is 16.0. The van der Waals surface area contributed by atoms with Crippen LogP contribution in [0.2, 0.25) is 10.0 Å². The average Bonchev–Trinajstić information content (AvgIpc) is 3.00. The van der Waals surface area contributed by atoms with Crippen LogP contribution in [0.1, 0.15) is 11.1 Å². The molecule has 0 radical (unpaired) electrons. The smallest absolute Gasteiger partial charge is 0.363 e. The standard InChI is InChI=1S/C20H15Cl2NO4/c1-25-15-6-7-18(26-2)13(9-15)10-17-20(24)27-19(23-17)8-4-12-3-5-14(21)11-16(12)22/h3-11H,1-2H3. The molecule has 3 rings (SSSR count). The van der Waals surface area contributed by atoms with Gasteiger partial charge in [-0.15, -0.1) is 0 Å². The molecule has 0 atom stereocenters. The van der Waals surface area contributed by atoms with E-state index >= 15 is 0 Å². The minimum atomic E-state index is -0.554. The number of hydrogen-bond acceptors (Lipinski definition) is 5. The van der Waals surface area contributed by atoms with E-state index in [-0.39, 0.29) is 11.6 Å². The summed E-state index contributed by atoms with van der Waals surface area (Å²) in [5.74, 6) is 0.833. The van der Waals surface area contributed by atoms with E-state index in [0.29, 0.717) is 27.1 Å². The number of hydrogen-bond donors (Lipinski definition) is 0. The molecule has 0 bridgehead atoms. The highest BCUT2D eigenvalue weighted by Gasteiger charge is 2.22. The second-order valence-electron chi connectivity index (χ2n) is 5.48. The van der Waals surface area contributed by atoms with Crippen LogP contribution in [0.4, 0.5) is 0 Å². The molecule has 2 aromatic rings. The summed E-state index contributed by atoms with van der Waals surface area (Å²) in [7, 11) is 3.11. The molecule has 0 unspecified atom stereocenters. The highest BCUT2D eigenvalue weighted by Crippen LogP contribution is 2.28. The Morgan fingerprint density at radius 3 is 2.52 bits per heavy atom. The molecule has 0 aliphatic carbocycles. The summed E-state index contributed by atoms with van der Waals surface area (Å²) in [4.78, 5) is 16.3. The average molecular weight is 404 g/mol. The Labute approximate surface area is 166 Å². The summed E-state index contributed by atoms with van der Waals surface area (Å²) >= 11 is 12.0. The second kappa shape index (κ2) is 8.29. The van der Waals surface area contributed by atoms with E-state index in [0.717, 1.165) is 5.56 Å². The molecule has 0 N–H and O–H groups in total. The molecule has 0 fully saturated rings. The van der Waals surface area contributed by atoms with Crippen molar-refractivity contribution in [2.24, 2.45) is 4.99 Å². The summed E-state index contributed by atoms with van der Waals surface area (Å²) in [5.41, 5.74) is 1.54. The lowest BCUT2D eigenvalue weighted by Crippen LogP contribution is -2.01. The number of esters is 1. The Kier molecular flexibility index (Phi) is 5.84. The van der Waals surface area contributed by atoms with Crippen LogP contribution >= 0.6 is 23.2 Å². The van der Waals surface area contributed by atoms with Gasteiger partial charge in [0.1, 0.15) is 11.5 Å². The van der Waals surface area contributed by atoms with E-state index in [1.54, 1.807) is 68.8 Å². The van der Waals surface area contributed by atoms with E-state index in [9.17, 15) is 4.79 Å². The minimum Gasteiger partial charge on any atom is -0.497 e. The fourth-order valence-electron chi connectivity index (χ4n) is 2.39. The Hall–Kier alpha value is -2.76. The van der Waals surface area contributed by atoms with Gasteiger partial charge >= 0.3 is 5.97 Å². The van der Waals surface area contributed by atoms with E-state index in [1.165, 1.54) is 0 Å². The van der Waals surface area contributed by atoms with Crippen molar-refractivity contribution in [2.45, 2.75) is 0 Å². The first-order valence-electron chi connectivity index (χ1n) is 7.88. The van der Waals surface area contributed by atoms with Crippen molar-refractivity contribution in [3.8, 4) is 11.5 Å². The van der Waals surface area contributed by atoms with Gasteiger partial charge in [-0.2, -0.15) is 0 Å². The number of ether oxygens (including phenoxy) is 3. The fraction of sp³-hybridized carbons (Fsp3) is 0.100. The van der Waals surface area contributed by atoms with Crippen molar-refractivity contribution >= 4 is 47.2 Å². The van der Waals surface area contributed by atoms with Gasteiger partial charge < -0.3 is 14.2 Å². The Bertz CT molecular complexity index is 980. The van der Waals surface area contributed by atoms with Gasteiger partial charge in [-0.05, 0) is 48.0 Å². The number of cyclic esters (lactones) is 1. The third-order valence-electron chi connectivity index (χ3n) is 3.73. The second-order valence-corrected chi connectivity index (χ2v) is 6.32. The van der Waals surface area contributed by atoms with Gasteiger partial charge in [-0.1, -0.05) is 29.3 Å². The monoisotopic (exact) mass is 403 g/mol. The van der Waals surface area contributed by atoms with Crippen molar-refractivity contribution in [2.75, 3.05) is 14.2 Å². The van der Waals surface area contributed by atoms with Crippen molar-refractivity contribution in [1.29, 1.82) is 0 Å². The molecule has 1 heterocycles. The first-order valence-corrected chi connectivity index (χ1v) is 8.63. The van der Waals surface area contributed by atoms with Crippen LogP contribution in [-0.2, 0) is 9.53 Å². The first-order chi connectivity index (χ1) is 13.0. The van der Waals surface area contributed by atoms with Crippen LogP contribution in [-0.4, -0.2) is 26.1 Å². The SMILES string of the molecule is COc1ccc(OC)c(C=C2N=C(C=Cc3ccc(Cl)cc3Cl)OC2=O)c1. The Balaban J connectivity index is 1.88. The van der Waals surface area contributed by atoms with E-state index in [2.05, 4.69) is 4.99 Å². The van der Waals surface area contributed by atoms with Gasteiger partial charge in [-0.25, -0.2) is 9.79 Å². The number of halogens is 2. The molecule has 2 aromatic carbocycles. The van der Waals surface area contributed by atoms with Crippen molar-refractivity contribution in [3.05, 3.63) is 69.3 Å². The number of rotatable bonds is 5. The maximum absolute atomic E-state index is 12.1. The largest absolute Gasteiger partial charge is 0.497 e. The van der Waals surface area contributed by atoms with Gasteiger partial charge in [0.2, 0.25) is 5.90 Å². The normalized spacial score (nSPS) is 15.2. The summed E-state index contributed by atoms with van der Waals surface area (Å²) in [6.07, 6.45) is 4.84. The minimum absolute atomic E-state index is 0.156.